The van der Waals surface area contributed by atoms with E-state index in [0.29, 0.717) is 5.92 Å². The quantitative estimate of drug-likeness (QED) is 0.878. The highest BCUT2D eigenvalue weighted by Gasteiger charge is 2.28. The van der Waals surface area contributed by atoms with Crippen LogP contribution < -0.4 is 11.1 Å². The molecule has 118 valence electrons. The molecule has 3 N–H and O–H groups in total. The van der Waals surface area contributed by atoms with Crippen molar-refractivity contribution in [3.05, 3.63) is 11.9 Å². The van der Waals surface area contributed by atoms with E-state index in [9.17, 15) is 4.79 Å². The van der Waals surface area contributed by atoms with E-state index in [-0.39, 0.29) is 12.1 Å². The number of aryl methyl sites for hydroxylation is 1. The zero-order chi connectivity index (χ0) is 15.6. The van der Waals surface area contributed by atoms with Gasteiger partial charge in [-0.2, -0.15) is 5.10 Å². The fourth-order valence-corrected chi connectivity index (χ4v) is 3.01. The van der Waals surface area contributed by atoms with Crippen molar-refractivity contribution in [2.75, 3.05) is 5.73 Å². The molecule has 6 nitrogen and oxygen atoms in total. The van der Waals surface area contributed by atoms with Gasteiger partial charge in [0.25, 0.3) is 0 Å². The second-order valence-corrected chi connectivity index (χ2v) is 6.82. The Bertz CT molecular complexity index is 485. The van der Waals surface area contributed by atoms with E-state index >= 15 is 0 Å². The Morgan fingerprint density at radius 3 is 2.76 bits per heavy atom. The first-order valence-electron chi connectivity index (χ1n) is 7.53. The zero-order valence-electron chi connectivity index (χ0n) is 13.3. The van der Waals surface area contributed by atoms with Crippen LogP contribution in [0.15, 0.2) is 6.20 Å². The van der Waals surface area contributed by atoms with Gasteiger partial charge in [0.05, 0.1) is 17.6 Å². The van der Waals surface area contributed by atoms with Crippen LogP contribution in [-0.4, -0.2) is 27.5 Å². The third-order valence-electron chi connectivity index (χ3n) is 3.80. The van der Waals surface area contributed by atoms with Crippen molar-refractivity contribution in [3.63, 3.8) is 0 Å². The number of carbonyl (C=O) groups is 1. The highest BCUT2D eigenvalue weighted by molar-refractivity contribution is 5.68. The van der Waals surface area contributed by atoms with Gasteiger partial charge >= 0.3 is 6.09 Å². The largest absolute Gasteiger partial charge is 0.444 e. The molecule has 0 bridgehead atoms. The first-order valence-corrected chi connectivity index (χ1v) is 7.53. The van der Waals surface area contributed by atoms with E-state index in [1.807, 2.05) is 32.5 Å². The Morgan fingerprint density at radius 1 is 1.48 bits per heavy atom. The third kappa shape index (κ3) is 4.12. The third-order valence-corrected chi connectivity index (χ3v) is 3.80. The van der Waals surface area contributed by atoms with Crippen LogP contribution in [0.4, 0.5) is 10.5 Å². The number of hydrogen-bond acceptors (Lipinski definition) is 4. The summed E-state index contributed by atoms with van der Waals surface area (Å²) < 4.78 is 7.16. The van der Waals surface area contributed by atoms with E-state index in [4.69, 9.17) is 10.5 Å². The summed E-state index contributed by atoms with van der Waals surface area (Å²) in [5.41, 5.74) is 7.35. The monoisotopic (exact) mass is 294 g/mol. The molecular weight excluding hydrogens is 268 g/mol. The summed E-state index contributed by atoms with van der Waals surface area (Å²) in [5.74, 6) is 0.339. The molecule has 2 atom stereocenters. The second-order valence-electron chi connectivity index (χ2n) is 6.82. The average Bonchev–Trinajstić information content (AvgIpc) is 2.66. The Kier molecular flexibility index (Phi) is 4.44. The lowest BCUT2D eigenvalue weighted by Crippen LogP contribution is -2.41. The molecule has 6 heteroatoms. The molecule has 1 amide bonds. The fraction of sp³-hybridized carbons (Fsp3) is 0.733. The fourth-order valence-electron chi connectivity index (χ4n) is 3.01. The number of carbonyl (C=O) groups excluding carboxylic acids is 1. The second kappa shape index (κ2) is 5.95. The normalized spacial score (nSPS) is 22.9. The summed E-state index contributed by atoms with van der Waals surface area (Å²) in [5, 5.41) is 7.18. The topological polar surface area (TPSA) is 82.2 Å². The molecule has 1 saturated carbocycles. The SMILES string of the molecule is Cn1ncc(N)c1C1CCCC(NC(=O)OC(C)(C)C)C1. The summed E-state index contributed by atoms with van der Waals surface area (Å²) in [6, 6.07) is 0.132. The van der Waals surface area contributed by atoms with Crippen LogP contribution in [0.2, 0.25) is 0 Å². The Morgan fingerprint density at radius 2 is 2.19 bits per heavy atom. The number of nitrogen functional groups attached to an aromatic ring is 1. The number of rotatable bonds is 2. The van der Waals surface area contributed by atoms with E-state index < -0.39 is 5.60 Å². The van der Waals surface area contributed by atoms with Gasteiger partial charge in [-0.15, -0.1) is 0 Å². The molecular formula is C15H26N4O2. The molecule has 0 spiro atoms. The highest BCUT2D eigenvalue weighted by atomic mass is 16.6. The molecule has 0 radical (unpaired) electrons. The maximum atomic E-state index is 11.9. The molecule has 1 heterocycles. The van der Waals surface area contributed by atoms with Crippen molar-refractivity contribution in [2.45, 2.75) is 64.0 Å². The van der Waals surface area contributed by atoms with E-state index in [1.165, 1.54) is 0 Å². The van der Waals surface area contributed by atoms with Gasteiger partial charge in [-0.05, 0) is 40.0 Å². The van der Waals surface area contributed by atoms with Gasteiger partial charge in [0.2, 0.25) is 0 Å². The van der Waals surface area contributed by atoms with Crippen LogP contribution in [0.5, 0.6) is 0 Å². The molecule has 0 saturated heterocycles. The summed E-state index contributed by atoms with van der Waals surface area (Å²) >= 11 is 0. The van der Waals surface area contributed by atoms with Gasteiger partial charge < -0.3 is 15.8 Å². The zero-order valence-corrected chi connectivity index (χ0v) is 13.3. The molecule has 1 aliphatic rings. The number of alkyl carbamates (subject to hydrolysis) is 1. The first-order chi connectivity index (χ1) is 9.76. The summed E-state index contributed by atoms with van der Waals surface area (Å²) in [6.07, 6.45) is 5.36. The molecule has 1 aromatic heterocycles. The molecule has 1 aliphatic carbocycles. The lowest BCUT2D eigenvalue weighted by molar-refractivity contribution is 0.0490. The number of nitrogens with one attached hydrogen (secondary N) is 1. The first kappa shape index (κ1) is 15.7. The van der Waals surface area contributed by atoms with Crippen LogP contribution in [-0.2, 0) is 11.8 Å². The van der Waals surface area contributed by atoms with Gasteiger partial charge in [0.15, 0.2) is 0 Å². The Balaban J connectivity index is 1.97. The van der Waals surface area contributed by atoms with Crippen LogP contribution in [0, 0.1) is 0 Å². The Labute approximate surface area is 126 Å². The molecule has 0 aromatic carbocycles. The van der Waals surface area contributed by atoms with Gasteiger partial charge in [-0.3, -0.25) is 4.68 Å². The summed E-state index contributed by atoms with van der Waals surface area (Å²) in [4.78, 5) is 11.9. The lowest BCUT2D eigenvalue weighted by atomic mass is 9.83. The van der Waals surface area contributed by atoms with Gasteiger partial charge in [-0.1, -0.05) is 6.42 Å². The maximum Gasteiger partial charge on any atom is 0.407 e. The van der Waals surface area contributed by atoms with Crippen LogP contribution in [0.25, 0.3) is 0 Å². The van der Waals surface area contributed by atoms with Crippen molar-refractivity contribution >= 4 is 11.8 Å². The van der Waals surface area contributed by atoms with Crippen LogP contribution >= 0.6 is 0 Å². The number of ether oxygens (including phenoxy) is 1. The standard InChI is InChI=1S/C15H26N4O2/c1-15(2,3)21-14(20)18-11-7-5-6-10(8-11)13-12(16)9-17-19(13)4/h9-11H,5-8,16H2,1-4H3,(H,18,20). The smallest absolute Gasteiger partial charge is 0.407 e. The number of nitrogens with two attached hydrogens (primary N) is 1. The number of anilines is 1. The van der Waals surface area contributed by atoms with E-state index in [1.54, 1.807) is 6.20 Å². The Hall–Kier alpha value is -1.72. The summed E-state index contributed by atoms with van der Waals surface area (Å²) in [7, 11) is 1.91. The molecule has 21 heavy (non-hydrogen) atoms. The average molecular weight is 294 g/mol. The maximum absolute atomic E-state index is 11.9. The molecule has 1 fully saturated rings. The minimum Gasteiger partial charge on any atom is -0.444 e. The predicted molar refractivity (Wildman–Crippen MR) is 82.0 cm³/mol. The predicted octanol–water partition coefficient (Wildman–Crippen LogP) is 2.55. The van der Waals surface area contributed by atoms with Gasteiger partial charge in [-0.25, -0.2) is 4.79 Å². The van der Waals surface area contributed by atoms with Crippen molar-refractivity contribution in [2.24, 2.45) is 7.05 Å². The summed E-state index contributed by atoms with van der Waals surface area (Å²) in [6.45, 7) is 5.60. The number of amides is 1. The van der Waals surface area contributed by atoms with E-state index in [2.05, 4.69) is 10.4 Å². The van der Waals surface area contributed by atoms with Crippen molar-refractivity contribution in [1.29, 1.82) is 0 Å². The number of hydrogen-bond donors (Lipinski definition) is 2. The van der Waals surface area contributed by atoms with Gasteiger partial charge in [0.1, 0.15) is 5.60 Å². The molecule has 2 unspecified atom stereocenters. The van der Waals surface area contributed by atoms with Crippen molar-refractivity contribution < 1.29 is 9.53 Å². The minimum absolute atomic E-state index is 0.132. The number of nitrogens with zero attached hydrogens (tertiary/aromatic N) is 2. The van der Waals surface area contributed by atoms with Gasteiger partial charge in [0, 0.05) is 19.0 Å². The minimum atomic E-state index is -0.468. The highest BCUT2D eigenvalue weighted by Crippen LogP contribution is 2.35. The molecule has 0 aliphatic heterocycles. The molecule has 1 aromatic rings. The number of aromatic nitrogens is 2. The van der Waals surface area contributed by atoms with Crippen LogP contribution in [0.1, 0.15) is 58.1 Å². The molecule has 2 rings (SSSR count). The van der Waals surface area contributed by atoms with Crippen LogP contribution in [0.3, 0.4) is 0 Å². The lowest BCUT2D eigenvalue weighted by Gasteiger charge is -2.31. The van der Waals surface area contributed by atoms with E-state index in [0.717, 1.165) is 37.1 Å². The van der Waals surface area contributed by atoms with Crippen molar-refractivity contribution in [1.82, 2.24) is 15.1 Å². The van der Waals surface area contributed by atoms with Crippen molar-refractivity contribution in [3.8, 4) is 0 Å².